The number of benzene rings is 2. The highest BCUT2D eigenvalue weighted by atomic mass is 19.1. The van der Waals surface area contributed by atoms with Crippen LogP contribution in [0.2, 0.25) is 0 Å². The number of anilines is 1. The number of nitrogens with one attached hydrogen (secondary N) is 2. The third-order valence-corrected chi connectivity index (χ3v) is 4.68. The molecule has 0 saturated carbocycles. The van der Waals surface area contributed by atoms with E-state index in [1.165, 1.54) is 18.2 Å². The molecule has 1 aliphatic heterocycles. The van der Waals surface area contributed by atoms with E-state index < -0.39 is 17.6 Å². The smallest absolute Gasteiger partial charge is 0.313 e. The highest BCUT2D eigenvalue weighted by molar-refractivity contribution is 6.39. The summed E-state index contributed by atoms with van der Waals surface area (Å²) in [6, 6.07) is 14.4. The van der Waals surface area contributed by atoms with E-state index in [1.54, 1.807) is 35.2 Å². The lowest BCUT2D eigenvalue weighted by atomic mass is 10.1. The lowest BCUT2D eigenvalue weighted by molar-refractivity contribution is -0.136. The zero-order chi connectivity index (χ0) is 20.6. The molecule has 3 rings (SSSR count). The molecule has 2 aromatic rings. The molecule has 1 heterocycles. The molecule has 0 aliphatic carbocycles. The number of carbonyl (C=O) groups excluding carboxylic acids is 3. The summed E-state index contributed by atoms with van der Waals surface area (Å²) in [6.45, 7) is 3.25. The Morgan fingerprint density at radius 2 is 1.62 bits per heavy atom. The first-order valence-electron chi connectivity index (χ1n) is 9.44. The second-order valence-electron chi connectivity index (χ2n) is 6.72. The average molecular weight is 398 g/mol. The van der Waals surface area contributed by atoms with Crippen LogP contribution in [-0.4, -0.2) is 66.8 Å². The largest absolute Gasteiger partial charge is 0.347 e. The molecule has 3 amide bonds. The topological polar surface area (TPSA) is 81.8 Å². The fourth-order valence-corrected chi connectivity index (χ4v) is 3.10. The fraction of sp³-hybridized carbons (Fsp3) is 0.286. The van der Waals surface area contributed by atoms with Crippen LogP contribution in [0.25, 0.3) is 0 Å². The highest BCUT2D eigenvalue weighted by Crippen LogP contribution is 2.10. The first-order chi connectivity index (χ1) is 14.0. The quantitative estimate of drug-likeness (QED) is 0.745. The Kier molecular flexibility index (Phi) is 6.91. The van der Waals surface area contributed by atoms with Crippen molar-refractivity contribution in [1.29, 1.82) is 0 Å². The van der Waals surface area contributed by atoms with Crippen molar-refractivity contribution >= 4 is 23.4 Å². The molecule has 0 spiro atoms. The van der Waals surface area contributed by atoms with Gasteiger partial charge in [0, 0.05) is 50.5 Å². The number of nitrogens with zero attached hydrogens (tertiary/aromatic N) is 2. The highest BCUT2D eigenvalue weighted by Gasteiger charge is 2.22. The number of piperazine rings is 1. The monoisotopic (exact) mass is 398 g/mol. The van der Waals surface area contributed by atoms with E-state index in [0.29, 0.717) is 50.5 Å². The Morgan fingerprint density at radius 3 is 2.31 bits per heavy atom. The number of halogens is 1. The Morgan fingerprint density at radius 1 is 0.897 bits per heavy atom. The zero-order valence-electron chi connectivity index (χ0n) is 15.9. The molecule has 0 aromatic heterocycles. The summed E-state index contributed by atoms with van der Waals surface area (Å²) in [5.74, 6) is -2.01. The number of para-hydroxylation sites is 1. The number of hydrogen-bond donors (Lipinski definition) is 2. The van der Waals surface area contributed by atoms with E-state index in [9.17, 15) is 18.8 Å². The van der Waals surface area contributed by atoms with Gasteiger partial charge in [-0.2, -0.15) is 0 Å². The number of amides is 3. The minimum Gasteiger partial charge on any atom is -0.347 e. The van der Waals surface area contributed by atoms with E-state index in [2.05, 4.69) is 15.5 Å². The van der Waals surface area contributed by atoms with E-state index in [0.717, 1.165) is 0 Å². The van der Waals surface area contributed by atoms with Crippen molar-refractivity contribution in [3.05, 3.63) is 66.0 Å². The third kappa shape index (κ3) is 5.86. The van der Waals surface area contributed by atoms with E-state index in [-0.39, 0.29) is 5.91 Å². The first kappa shape index (κ1) is 20.5. The molecule has 1 saturated heterocycles. The SMILES string of the molecule is O=C(NCCN1CCN(C(=O)c2cccc(F)c2)CC1)C(=O)Nc1ccccc1. The van der Waals surface area contributed by atoms with Gasteiger partial charge in [-0.15, -0.1) is 0 Å². The van der Waals surface area contributed by atoms with Gasteiger partial charge in [-0.1, -0.05) is 24.3 Å². The van der Waals surface area contributed by atoms with Crippen LogP contribution in [-0.2, 0) is 9.59 Å². The first-order valence-corrected chi connectivity index (χ1v) is 9.44. The van der Waals surface area contributed by atoms with Crippen LogP contribution in [0.3, 0.4) is 0 Å². The second-order valence-corrected chi connectivity index (χ2v) is 6.72. The Hall–Kier alpha value is -3.26. The number of carbonyl (C=O) groups is 3. The van der Waals surface area contributed by atoms with Crippen molar-refractivity contribution in [2.24, 2.45) is 0 Å². The van der Waals surface area contributed by atoms with Gasteiger partial charge < -0.3 is 15.5 Å². The van der Waals surface area contributed by atoms with Crippen LogP contribution in [0.1, 0.15) is 10.4 Å². The minimum atomic E-state index is -0.707. The standard InChI is InChI=1S/C21H23FN4O3/c22-17-6-4-5-16(15-17)21(29)26-13-11-25(12-14-26)10-9-23-19(27)20(28)24-18-7-2-1-3-8-18/h1-8,15H,9-14H2,(H,23,27)(H,24,28). The normalized spacial score (nSPS) is 14.3. The van der Waals surface area contributed by atoms with Crippen molar-refractivity contribution in [3.63, 3.8) is 0 Å². The van der Waals surface area contributed by atoms with Gasteiger partial charge in [0.15, 0.2) is 0 Å². The Bertz CT molecular complexity index is 867. The maximum absolute atomic E-state index is 13.3. The second kappa shape index (κ2) is 9.79. The van der Waals surface area contributed by atoms with Crippen molar-refractivity contribution in [2.75, 3.05) is 44.6 Å². The van der Waals surface area contributed by atoms with Crippen molar-refractivity contribution in [3.8, 4) is 0 Å². The molecule has 1 fully saturated rings. The summed E-state index contributed by atoms with van der Waals surface area (Å²) in [4.78, 5) is 40.0. The minimum absolute atomic E-state index is 0.185. The predicted octanol–water partition coefficient (Wildman–Crippen LogP) is 1.34. The van der Waals surface area contributed by atoms with E-state index in [4.69, 9.17) is 0 Å². The summed E-state index contributed by atoms with van der Waals surface area (Å²) in [5, 5.41) is 5.13. The van der Waals surface area contributed by atoms with Gasteiger partial charge in [0.1, 0.15) is 5.82 Å². The molecule has 0 unspecified atom stereocenters. The van der Waals surface area contributed by atoms with Crippen molar-refractivity contribution in [1.82, 2.24) is 15.1 Å². The summed E-state index contributed by atoms with van der Waals surface area (Å²) in [5.41, 5.74) is 0.905. The lowest BCUT2D eigenvalue weighted by Gasteiger charge is -2.34. The van der Waals surface area contributed by atoms with Crippen LogP contribution in [0.15, 0.2) is 54.6 Å². The molecule has 0 atom stereocenters. The molecular weight excluding hydrogens is 375 g/mol. The maximum atomic E-state index is 13.3. The average Bonchev–Trinajstić information content (AvgIpc) is 2.74. The van der Waals surface area contributed by atoms with Crippen LogP contribution in [0, 0.1) is 5.82 Å². The summed E-state index contributed by atoms with van der Waals surface area (Å²) < 4.78 is 13.3. The van der Waals surface area contributed by atoms with E-state index >= 15 is 0 Å². The Labute approximate surface area is 168 Å². The van der Waals surface area contributed by atoms with Gasteiger partial charge in [0.25, 0.3) is 5.91 Å². The van der Waals surface area contributed by atoms with Gasteiger partial charge in [-0.05, 0) is 30.3 Å². The van der Waals surface area contributed by atoms with Crippen LogP contribution in [0.5, 0.6) is 0 Å². The van der Waals surface area contributed by atoms with Gasteiger partial charge in [-0.25, -0.2) is 4.39 Å². The maximum Gasteiger partial charge on any atom is 0.313 e. The molecule has 0 bridgehead atoms. The molecule has 1 aliphatic rings. The van der Waals surface area contributed by atoms with E-state index in [1.807, 2.05) is 6.07 Å². The molecule has 7 nitrogen and oxygen atoms in total. The number of hydrogen-bond acceptors (Lipinski definition) is 4. The molecule has 29 heavy (non-hydrogen) atoms. The lowest BCUT2D eigenvalue weighted by Crippen LogP contribution is -2.50. The van der Waals surface area contributed by atoms with Crippen LogP contribution >= 0.6 is 0 Å². The summed E-state index contributed by atoms with van der Waals surface area (Å²) in [7, 11) is 0. The summed E-state index contributed by atoms with van der Waals surface area (Å²) >= 11 is 0. The molecule has 152 valence electrons. The van der Waals surface area contributed by atoms with Crippen LogP contribution in [0.4, 0.5) is 10.1 Å². The van der Waals surface area contributed by atoms with Crippen molar-refractivity contribution < 1.29 is 18.8 Å². The zero-order valence-corrected chi connectivity index (χ0v) is 15.9. The fourth-order valence-electron chi connectivity index (χ4n) is 3.10. The van der Waals surface area contributed by atoms with Gasteiger partial charge in [0.2, 0.25) is 0 Å². The molecule has 2 N–H and O–H groups in total. The van der Waals surface area contributed by atoms with Gasteiger partial charge >= 0.3 is 11.8 Å². The molecule has 2 aromatic carbocycles. The third-order valence-electron chi connectivity index (χ3n) is 4.68. The molecular formula is C21H23FN4O3. The van der Waals surface area contributed by atoms with Gasteiger partial charge in [0.05, 0.1) is 0 Å². The molecule has 8 heteroatoms. The molecule has 0 radical (unpaired) electrons. The Balaban J connectivity index is 1.37. The predicted molar refractivity (Wildman–Crippen MR) is 107 cm³/mol. The summed E-state index contributed by atoms with van der Waals surface area (Å²) in [6.07, 6.45) is 0. The van der Waals surface area contributed by atoms with Gasteiger partial charge in [-0.3, -0.25) is 19.3 Å². The number of rotatable bonds is 5. The van der Waals surface area contributed by atoms with Crippen molar-refractivity contribution in [2.45, 2.75) is 0 Å². The van der Waals surface area contributed by atoms with Crippen LogP contribution < -0.4 is 10.6 Å².